The molecule has 0 aliphatic rings. The van der Waals surface area contributed by atoms with E-state index in [1.807, 2.05) is 0 Å². The van der Waals surface area contributed by atoms with Gasteiger partial charge in [0.15, 0.2) is 0 Å². The molecule has 4 rings (SSSR count). The van der Waals surface area contributed by atoms with E-state index in [9.17, 15) is 23.5 Å². The highest BCUT2D eigenvalue weighted by Crippen LogP contribution is 2.20. The number of pyridine rings is 3. The summed E-state index contributed by atoms with van der Waals surface area (Å²) in [7, 11) is 0. The third-order valence-corrected chi connectivity index (χ3v) is 4.48. The van der Waals surface area contributed by atoms with Gasteiger partial charge >= 0.3 is 5.97 Å². The highest BCUT2D eigenvalue weighted by Gasteiger charge is 2.17. The fourth-order valence-corrected chi connectivity index (χ4v) is 3.10. The van der Waals surface area contributed by atoms with Gasteiger partial charge in [-0.2, -0.15) is 4.39 Å². The van der Waals surface area contributed by atoms with Gasteiger partial charge < -0.3 is 9.67 Å². The number of carbonyl (C=O) groups is 1. The van der Waals surface area contributed by atoms with E-state index in [0.29, 0.717) is 16.8 Å². The first-order valence-corrected chi connectivity index (χ1v) is 8.56. The molecule has 3 heterocycles. The Morgan fingerprint density at radius 2 is 1.86 bits per heavy atom. The first kappa shape index (κ1) is 18.4. The number of hydrogen-bond donors (Lipinski definition) is 1. The summed E-state index contributed by atoms with van der Waals surface area (Å²) in [6.45, 7) is 0.104. The number of fused-ring (bicyclic) bond motifs is 1. The molecule has 0 saturated heterocycles. The molecule has 0 saturated carbocycles. The second-order valence-corrected chi connectivity index (χ2v) is 6.36. The minimum absolute atomic E-state index is 0.00753. The van der Waals surface area contributed by atoms with Gasteiger partial charge in [-0.1, -0.05) is 12.1 Å². The van der Waals surface area contributed by atoms with Crippen LogP contribution in [-0.2, 0) is 6.54 Å². The van der Waals surface area contributed by atoms with Crippen LogP contribution in [0.15, 0.2) is 65.8 Å². The smallest absolute Gasteiger partial charge is 0.341 e. The van der Waals surface area contributed by atoms with Crippen molar-refractivity contribution in [3.8, 4) is 11.3 Å². The Bertz CT molecular complexity index is 1280. The van der Waals surface area contributed by atoms with Crippen LogP contribution in [0.4, 0.5) is 8.78 Å². The lowest BCUT2D eigenvalue weighted by molar-refractivity contribution is 0.0695. The Balaban J connectivity index is 1.76. The van der Waals surface area contributed by atoms with E-state index in [0.717, 1.165) is 6.20 Å². The lowest BCUT2D eigenvalue weighted by atomic mass is 10.1. The van der Waals surface area contributed by atoms with Crippen molar-refractivity contribution in [2.24, 2.45) is 0 Å². The van der Waals surface area contributed by atoms with Crippen LogP contribution in [0.25, 0.3) is 22.2 Å². The van der Waals surface area contributed by atoms with Crippen molar-refractivity contribution in [2.75, 3.05) is 0 Å². The second kappa shape index (κ2) is 7.23. The number of carboxylic acid groups (broad SMARTS) is 1. The molecule has 29 heavy (non-hydrogen) atoms. The van der Waals surface area contributed by atoms with Crippen molar-refractivity contribution < 1.29 is 18.7 Å². The summed E-state index contributed by atoms with van der Waals surface area (Å²) in [5.74, 6) is -2.60. The molecule has 0 aliphatic carbocycles. The van der Waals surface area contributed by atoms with Gasteiger partial charge in [0.1, 0.15) is 11.4 Å². The lowest BCUT2D eigenvalue weighted by Crippen LogP contribution is -2.20. The molecule has 8 heteroatoms. The van der Waals surface area contributed by atoms with Crippen molar-refractivity contribution >= 4 is 16.9 Å². The van der Waals surface area contributed by atoms with Crippen LogP contribution in [0.1, 0.15) is 15.9 Å². The first-order valence-electron chi connectivity index (χ1n) is 8.56. The maximum Gasteiger partial charge on any atom is 0.341 e. The van der Waals surface area contributed by atoms with Gasteiger partial charge in [0.2, 0.25) is 11.4 Å². The number of nitrogens with zero attached hydrogens (tertiary/aromatic N) is 3. The SMILES string of the molecule is O=C(O)c1cn(Cc2ccc(-c3ccc(F)nc3)nc2)c2c(F)cccc2c1=O. The van der Waals surface area contributed by atoms with Crippen LogP contribution in [0.2, 0.25) is 0 Å². The van der Waals surface area contributed by atoms with Crippen LogP contribution in [0, 0.1) is 11.8 Å². The van der Waals surface area contributed by atoms with Gasteiger partial charge in [0.25, 0.3) is 0 Å². The maximum absolute atomic E-state index is 14.4. The Hall–Kier alpha value is -3.94. The largest absolute Gasteiger partial charge is 0.477 e. The Morgan fingerprint density at radius 1 is 1.03 bits per heavy atom. The van der Waals surface area contributed by atoms with Crippen molar-refractivity contribution in [1.82, 2.24) is 14.5 Å². The molecule has 0 fully saturated rings. The number of aromatic nitrogens is 3. The van der Waals surface area contributed by atoms with Crippen molar-refractivity contribution in [1.29, 1.82) is 0 Å². The van der Waals surface area contributed by atoms with E-state index >= 15 is 0 Å². The molecule has 0 amide bonds. The van der Waals surface area contributed by atoms with E-state index in [1.165, 1.54) is 35.0 Å². The third kappa shape index (κ3) is 3.47. The number of carboxylic acids is 1. The van der Waals surface area contributed by atoms with E-state index in [1.54, 1.807) is 24.4 Å². The molecule has 0 bridgehead atoms. The van der Waals surface area contributed by atoms with Crippen LogP contribution in [-0.4, -0.2) is 25.6 Å². The van der Waals surface area contributed by atoms with Crippen molar-refractivity contribution in [2.45, 2.75) is 6.54 Å². The van der Waals surface area contributed by atoms with Crippen LogP contribution >= 0.6 is 0 Å². The van der Waals surface area contributed by atoms with Gasteiger partial charge in [0.05, 0.1) is 11.2 Å². The number of para-hydroxylation sites is 1. The summed E-state index contributed by atoms with van der Waals surface area (Å²) < 4.78 is 28.8. The number of aromatic carboxylic acids is 1. The van der Waals surface area contributed by atoms with Crippen molar-refractivity contribution in [3.05, 3.63) is 94.2 Å². The van der Waals surface area contributed by atoms with Gasteiger partial charge in [0, 0.05) is 36.1 Å². The molecule has 0 radical (unpaired) electrons. The summed E-state index contributed by atoms with van der Waals surface area (Å²) in [5, 5.41) is 9.31. The standard InChI is InChI=1S/C21H13F2N3O3/c22-16-3-1-2-14-19(16)26(11-15(20(14)27)21(28)29)10-12-4-6-17(24-8-12)13-5-7-18(23)25-9-13/h1-9,11H,10H2,(H,28,29). The summed E-state index contributed by atoms with van der Waals surface area (Å²) in [6, 6.07) is 10.2. The molecule has 0 atom stereocenters. The number of benzene rings is 1. The minimum atomic E-state index is -1.38. The van der Waals surface area contributed by atoms with Crippen molar-refractivity contribution in [3.63, 3.8) is 0 Å². The molecular weight excluding hydrogens is 380 g/mol. The van der Waals surface area contributed by atoms with Crippen LogP contribution in [0.3, 0.4) is 0 Å². The molecular formula is C21H13F2N3O3. The molecule has 1 N–H and O–H groups in total. The fourth-order valence-electron chi connectivity index (χ4n) is 3.10. The van der Waals surface area contributed by atoms with E-state index in [4.69, 9.17) is 0 Å². The molecule has 6 nitrogen and oxygen atoms in total. The van der Waals surface area contributed by atoms with Gasteiger partial charge in [-0.25, -0.2) is 14.2 Å². The molecule has 144 valence electrons. The van der Waals surface area contributed by atoms with Gasteiger partial charge in [-0.05, 0) is 35.9 Å². The van der Waals surface area contributed by atoms with E-state index in [2.05, 4.69) is 9.97 Å². The quantitative estimate of drug-likeness (QED) is 0.537. The molecule has 1 aromatic carbocycles. The summed E-state index contributed by atoms with van der Waals surface area (Å²) in [6.07, 6.45) is 4.04. The normalized spacial score (nSPS) is 11.0. The highest BCUT2D eigenvalue weighted by atomic mass is 19.1. The zero-order valence-corrected chi connectivity index (χ0v) is 14.8. The average Bonchev–Trinajstić information content (AvgIpc) is 2.71. The molecule has 0 spiro atoms. The van der Waals surface area contributed by atoms with Crippen LogP contribution < -0.4 is 5.43 Å². The Labute approximate surface area is 162 Å². The second-order valence-electron chi connectivity index (χ2n) is 6.36. The van der Waals surface area contributed by atoms with Crippen LogP contribution in [0.5, 0.6) is 0 Å². The molecule has 4 aromatic rings. The Morgan fingerprint density at radius 3 is 2.52 bits per heavy atom. The van der Waals surface area contributed by atoms with Gasteiger partial charge in [-0.3, -0.25) is 9.78 Å². The average molecular weight is 393 g/mol. The first-order chi connectivity index (χ1) is 13.9. The lowest BCUT2D eigenvalue weighted by Gasteiger charge is -2.13. The predicted octanol–water partition coefficient (Wildman–Crippen LogP) is 3.48. The zero-order chi connectivity index (χ0) is 20.5. The fraction of sp³-hybridized carbons (Fsp3) is 0.0476. The predicted molar refractivity (Wildman–Crippen MR) is 102 cm³/mol. The third-order valence-electron chi connectivity index (χ3n) is 4.48. The Kier molecular flexibility index (Phi) is 4.59. The maximum atomic E-state index is 14.4. The summed E-state index contributed by atoms with van der Waals surface area (Å²) >= 11 is 0. The monoisotopic (exact) mass is 393 g/mol. The van der Waals surface area contributed by atoms with E-state index in [-0.39, 0.29) is 17.4 Å². The molecule has 0 unspecified atom stereocenters. The highest BCUT2D eigenvalue weighted by molar-refractivity contribution is 5.92. The summed E-state index contributed by atoms with van der Waals surface area (Å²) in [4.78, 5) is 31.7. The van der Waals surface area contributed by atoms with E-state index < -0.39 is 28.7 Å². The summed E-state index contributed by atoms with van der Waals surface area (Å²) in [5.41, 5.74) is 0.711. The molecule has 3 aromatic heterocycles. The number of halogens is 2. The van der Waals surface area contributed by atoms with Gasteiger partial charge in [-0.15, -0.1) is 0 Å². The number of rotatable bonds is 4. The topological polar surface area (TPSA) is 85.1 Å². The zero-order valence-electron chi connectivity index (χ0n) is 14.8. The molecule has 0 aliphatic heterocycles. The number of hydrogen-bond acceptors (Lipinski definition) is 4. The minimum Gasteiger partial charge on any atom is -0.477 e.